The normalized spacial score (nSPS) is 21.3. The molecule has 140 valence electrons. The first kappa shape index (κ1) is 18.9. The van der Waals surface area contributed by atoms with Gasteiger partial charge in [-0.05, 0) is 56.2 Å². The molecule has 2 atom stereocenters. The first-order valence-corrected chi connectivity index (χ1v) is 9.45. The SMILES string of the molecule is C=C\C=C/C(=C/C(=C\C)C1CCC(n2ccc3c(N)ncnc32)C1)C(=C)C. The monoisotopic (exact) mass is 360 g/mol. The lowest BCUT2D eigenvalue weighted by atomic mass is 9.93. The minimum absolute atomic E-state index is 0.433. The van der Waals surface area contributed by atoms with Crippen LogP contribution in [0.1, 0.15) is 39.2 Å². The fourth-order valence-electron chi connectivity index (χ4n) is 3.90. The Morgan fingerprint density at radius 1 is 1.33 bits per heavy atom. The lowest BCUT2D eigenvalue weighted by molar-refractivity contribution is 0.514. The Hall–Kier alpha value is -2.88. The fraction of sp³-hybridized carbons (Fsp3) is 0.304. The van der Waals surface area contributed by atoms with Crippen molar-refractivity contribution in [2.75, 3.05) is 5.73 Å². The summed E-state index contributed by atoms with van der Waals surface area (Å²) in [6.07, 6.45) is 17.4. The van der Waals surface area contributed by atoms with E-state index in [0.29, 0.717) is 17.8 Å². The summed E-state index contributed by atoms with van der Waals surface area (Å²) in [4.78, 5) is 8.55. The van der Waals surface area contributed by atoms with E-state index in [1.807, 2.05) is 19.1 Å². The minimum atomic E-state index is 0.433. The quantitative estimate of drug-likeness (QED) is 0.688. The van der Waals surface area contributed by atoms with Crippen LogP contribution in [0, 0.1) is 5.92 Å². The summed E-state index contributed by atoms with van der Waals surface area (Å²) in [6.45, 7) is 12.0. The summed E-state index contributed by atoms with van der Waals surface area (Å²) < 4.78 is 2.27. The van der Waals surface area contributed by atoms with Gasteiger partial charge in [0.1, 0.15) is 17.8 Å². The molecule has 2 heterocycles. The summed E-state index contributed by atoms with van der Waals surface area (Å²) in [5.41, 5.74) is 10.5. The molecule has 2 N–H and O–H groups in total. The Balaban J connectivity index is 1.83. The van der Waals surface area contributed by atoms with Gasteiger partial charge in [-0.15, -0.1) is 0 Å². The van der Waals surface area contributed by atoms with Crippen LogP contribution in [0.2, 0.25) is 0 Å². The van der Waals surface area contributed by atoms with Crippen molar-refractivity contribution >= 4 is 16.9 Å². The highest BCUT2D eigenvalue weighted by Gasteiger charge is 2.28. The molecule has 2 unspecified atom stereocenters. The lowest BCUT2D eigenvalue weighted by Gasteiger charge is -2.16. The number of allylic oxidation sites excluding steroid dienone is 8. The standard InChI is InChI=1S/C23H28N4/c1-5-7-8-18(16(3)4)13-17(6-2)19-9-10-20(14-19)27-12-11-21-22(24)25-15-26-23(21)27/h5-8,11-13,15,19-20H,1,3,9-10,14H2,2,4H3,(H2,24,25,26)/b8-7-,17-6+,18-13-. The summed E-state index contributed by atoms with van der Waals surface area (Å²) in [6, 6.07) is 2.45. The average Bonchev–Trinajstić information content (AvgIpc) is 3.29. The number of anilines is 1. The van der Waals surface area contributed by atoms with Crippen molar-refractivity contribution in [2.24, 2.45) is 5.92 Å². The van der Waals surface area contributed by atoms with Gasteiger partial charge in [0.05, 0.1) is 5.39 Å². The number of nitrogens with zero attached hydrogens (tertiary/aromatic N) is 3. The van der Waals surface area contributed by atoms with Crippen molar-refractivity contribution in [1.82, 2.24) is 14.5 Å². The average molecular weight is 361 g/mol. The summed E-state index contributed by atoms with van der Waals surface area (Å²) in [7, 11) is 0. The first-order valence-electron chi connectivity index (χ1n) is 9.45. The molecule has 3 rings (SSSR count). The second-order valence-corrected chi connectivity index (χ2v) is 7.15. The number of rotatable bonds is 6. The van der Waals surface area contributed by atoms with Gasteiger partial charge >= 0.3 is 0 Å². The summed E-state index contributed by atoms with van der Waals surface area (Å²) in [5, 5.41) is 0.936. The molecular formula is C23H28N4. The summed E-state index contributed by atoms with van der Waals surface area (Å²) >= 11 is 0. The second kappa shape index (κ2) is 8.21. The van der Waals surface area contributed by atoms with Crippen LogP contribution in [0.25, 0.3) is 11.0 Å². The Bertz CT molecular complexity index is 942. The van der Waals surface area contributed by atoms with Gasteiger partial charge in [0.2, 0.25) is 0 Å². The zero-order valence-corrected chi connectivity index (χ0v) is 16.2. The molecule has 0 amide bonds. The molecule has 27 heavy (non-hydrogen) atoms. The molecule has 0 radical (unpaired) electrons. The van der Waals surface area contributed by atoms with Crippen LogP contribution < -0.4 is 5.73 Å². The molecule has 0 spiro atoms. The van der Waals surface area contributed by atoms with E-state index in [4.69, 9.17) is 5.73 Å². The highest BCUT2D eigenvalue weighted by molar-refractivity contribution is 5.86. The number of nitrogen functional groups attached to an aromatic ring is 1. The molecule has 1 aliphatic rings. The smallest absolute Gasteiger partial charge is 0.145 e. The van der Waals surface area contributed by atoms with E-state index in [-0.39, 0.29) is 0 Å². The lowest BCUT2D eigenvalue weighted by Crippen LogP contribution is -2.06. The van der Waals surface area contributed by atoms with Gasteiger partial charge in [-0.2, -0.15) is 0 Å². The number of nitrogens with two attached hydrogens (primary N) is 1. The van der Waals surface area contributed by atoms with Crippen molar-refractivity contribution in [3.63, 3.8) is 0 Å². The Labute approximate surface area is 161 Å². The van der Waals surface area contributed by atoms with Gasteiger partial charge < -0.3 is 10.3 Å². The molecule has 0 saturated heterocycles. The van der Waals surface area contributed by atoms with E-state index in [9.17, 15) is 0 Å². The molecule has 0 aliphatic heterocycles. The van der Waals surface area contributed by atoms with Crippen molar-refractivity contribution in [3.8, 4) is 0 Å². The molecule has 0 aromatic carbocycles. The van der Waals surface area contributed by atoms with Crippen LogP contribution in [-0.2, 0) is 0 Å². The largest absolute Gasteiger partial charge is 0.383 e. The molecule has 2 aromatic rings. The Morgan fingerprint density at radius 3 is 2.85 bits per heavy atom. The van der Waals surface area contributed by atoms with Gasteiger partial charge in [-0.1, -0.05) is 49.1 Å². The third-order valence-electron chi connectivity index (χ3n) is 5.37. The third kappa shape index (κ3) is 3.95. The first-order chi connectivity index (χ1) is 13.0. The minimum Gasteiger partial charge on any atom is -0.383 e. The van der Waals surface area contributed by atoms with E-state index in [1.165, 1.54) is 5.57 Å². The molecule has 0 bridgehead atoms. The number of hydrogen-bond donors (Lipinski definition) is 1. The Kier molecular flexibility index (Phi) is 5.75. The fourth-order valence-corrected chi connectivity index (χ4v) is 3.90. The predicted octanol–water partition coefficient (Wildman–Crippen LogP) is 5.55. The molecule has 2 aromatic heterocycles. The molecule has 4 nitrogen and oxygen atoms in total. The van der Waals surface area contributed by atoms with Crippen LogP contribution in [0.15, 0.2) is 78.8 Å². The maximum absolute atomic E-state index is 5.99. The molecular weight excluding hydrogens is 332 g/mol. The zero-order chi connectivity index (χ0) is 19.4. The highest BCUT2D eigenvalue weighted by Crippen LogP contribution is 2.41. The van der Waals surface area contributed by atoms with Gasteiger partial charge in [0.15, 0.2) is 0 Å². The highest BCUT2D eigenvalue weighted by atomic mass is 15.1. The van der Waals surface area contributed by atoms with Crippen molar-refractivity contribution in [3.05, 3.63) is 78.8 Å². The summed E-state index contributed by atoms with van der Waals surface area (Å²) in [5.74, 6) is 1.08. The molecule has 1 aliphatic carbocycles. The van der Waals surface area contributed by atoms with Crippen LogP contribution in [0.4, 0.5) is 5.82 Å². The van der Waals surface area contributed by atoms with E-state index >= 15 is 0 Å². The number of fused-ring (bicyclic) bond motifs is 1. The van der Waals surface area contributed by atoms with Crippen molar-refractivity contribution in [1.29, 1.82) is 0 Å². The predicted molar refractivity (Wildman–Crippen MR) is 114 cm³/mol. The van der Waals surface area contributed by atoms with Gasteiger partial charge in [0.25, 0.3) is 0 Å². The maximum atomic E-state index is 5.99. The zero-order valence-electron chi connectivity index (χ0n) is 16.2. The van der Waals surface area contributed by atoms with Crippen molar-refractivity contribution in [2.45, 2.75) is 39.2 Å². The maximum Gasteiger partial charge on any atom is 0.145 e. The molecule has 4 heteroatoms. The van der Waals surface area contributed by atoms with Gasteiger partial charge in [0, 0.05) is 12.2 Å². The van der Waals surface area contributed by atoms with E-state index < -0.39 is 0 Å². The Morgan fingerprint density at radius 2 is 2.15 bits per heavy atom. The van der Waals surface area contributed by atoms with Gasteiger partial charge in [-0.25, -0.2) is 9.97 Å². The van der Waals surface area contributed by atoms with Crippen molar-refractivity contribution < 1.29 is 0 Å². The number of aromatic nitrogens is 3. The topological polar surface area (TPSA) is 56.7 Å². The van der Waals surface area contributed by atoms with E-state index in [0.717, 1.165) is 41.4 Å². The number of hydrogen-bond acceptors (Lipinski definition) is 3. The van der Waals surface area contributed by atoms with Crippen LogP contribution in [0.3, 0.4) is 0 Å². The van der Waals surface area contributed by atoms with Crippen LogP contribution >= 0.6 is 0 Å². The van der Waals surface area contributed by atoms with Crippen LogP contribution in [0.5, 0.6) is 0 Å². The molecule has 1 fully saturated rings. The second-order valence-electron chi connectivity index (χ2n) is 7.15. The van der Waals surface area contributed by atoms with Gasteiger partial charge in [-0.3, -0.25) is 0 Å². The molecule has 1 saturated carbocycles. The third-order valence-corrected chi connectivity index (χ3v) is 5.37. The van der Waals surface area contributed by atoms with E-state index in [1.54, 1.807) is 12.4 Å². The van der Waals surface area contributed by atoms with Crippen LogP contribution in [-0.4, -0.2) is 14.5 Å². The van der Waals surface area contributed by atoms with E-state index in [2.05, 4.69) is 59.0 Å².